The molecule has 0 saturated heterocycles. The summed E-state index contributed by atoms with van der Waals surface area (Å²) in [5.41, 5.74) is 3.50. The van der Waals surface area contributed by atoms with Crippen LogP contribution in [0.1, 0.15) is 37.9 Å². The Morgan fingerprint density at radius 3 is 2.42 bits per heavy atom. The summed E-state index contributed by atoms with van der Waals surface area (Å²) in [6, 6.07) is 16.6. The van der Waals surface area contributed by atoms with E-state index in [-0.39, 0.29) is 6.04 Å². The van der Waals surface area contributed by atoms with E-state index in [1.807, 2.05) is 24.3 Å². The molecule has 0 aliphatic carbocycles. The van der Waals surface area contributed by atoms with Crippen LogP contribution in [-0.2, 0) is 6.42 Å². The molecule has 0 saturated carbocycles. The van der Waals surface area contributed by atoms with Crippen LogP contribution < -0.4 is 15.4 Å². The number of rotatable bonds is 6. The van der Waals surface area contributed by atoms with Gasteiger partial charge in [-0.1, -0.05) is 44.2 Å². The van der Waals surface area contributed by atoms with Gasteiger partial charge in [0, 0.05) is 11.8 Å². The van der Waals surface area contributed by atoms with Gasteiger partial charge in [-0.05, 0) is 54.7 Å². The number of hydrogen-bond acceptors (Lipinski definition) is 2. The summed E-state index contributed by atoms with van der Waals surface area (Å²) < 4.78 is 5.22. The van der Waals surface area contributed by atoms with Crippen molar-refractivity contribution in [2.75, 3.05) is 12.4 Å². The van der Waals surface area contributed by atoms with Crippen molar-refractivity contribution >= 4 is 23.0 Å². The van der Waals surface area contributed by atoms with Crippen LogP contribution in [0, 0.1) is 5.92 Å². The van der Waals surface area contributed by atoms with Gasteiger partial charge in [0.05, 0.1) is 13.2 Å². The molecule has 0 heterocycles. The first-order valence-electron chi connectivity index (χ1n) is 8.28. The van der Waals surface area contributed by atoms with Crippen molar-refractivity contribution in [3.05, 3.63) is 59.7 Å². The fraction of sp³-hybridized carbons (Fsp3) is 0.350. The average molecular weight is 343 g/mol. The first kappa shape index (κ1) is 18.3. The fourth-order valence-electron chi connectivity index (χ4n) is 2.56. The van der Waals surface area contributed by atoms with Crippen LogP contribution in [0.3, 0.4) is 0 Å². The van der Waals surface area contributed by atoms with Crippen molar-refractivity contribution in [1.29, 1.82) is 0 Å². The lowest BCUT2D eigenvalue weighted by molar-refractivity contribution is 0.415. The van der Waals surface area contributed by atoms with Crippen LogP contribution in [0.2, 0.25) is 0 Å². The minimum absolute atomic E-state index is 0.142. The lowest BCUT2D eigenvalue weighted by Crippen LogP contribution is -2.30. The van der Waals surface area contributed by atoms with Crippen LogP contribution >= 0.6 is 12.2 Å². The van der Waals surface area contributed by atoms with Crippen molar-refractivity contribution < 1.29 is 4.74 Å². The molecule has 0 bridgehead atoms. The van der Waals surface area contributed by atoms with Gasteiger partial charge in [-0.25, -0.2) is 0 Å². The molecule has 0 amide bonds. The van der Waals surface area contributed by atoms with Crippen molar-refractivity contribution in [2.24, 2.45) is 5.92 Å². The Morgan fingerprint density at radius 2 is 1.79 bits per heavy atom. The molecule has 3 nitrogen and oxygen atoms in total. The van der Waals surface area contributed by atoms with E-state index in [1.54, 1.807) is 7.11 Å². The highest BCUT2D eigenvalue weighted by molar-refractivity contribution is 7.80. The van der Waals surface area contributed by atoms with E-state index in [2.05, 4.69) is 55.7 Å². The second-order valence-corrected chi connectivity index (χ2v) is 6.80. The zero-order valence-electron chi connectivity index (χ0n) is 14.8. The number of hydrogen-bond donors (Lipinski definition) is 2. The molecule has 2 aromatic carbocycles. The van der Waals surface area contributed by atoms with E-state index in [1.165, 1.54) is 11.1 Å². The van der Waals surface area contributed by atoms with Crippen LogP contribution in [0.5, 0.6) is 5.75 Å². The van der Waals surface area contributed by atoms with Crippen LogP contribution in [0.15, 0.2) is 48.5 Å². The largest absolute Gasteiger partial charge is 0.497 e. The van der Waals surface area contributed by atoms with Gasteiger partial charge in [-0.3, -0.25) is 0 Å². The highest BCUT2D eigenvalue weighted by Crippen LogP contribution is 2.18. The number of ether oxygens (including phenoxy) is 1. The predicted molar refractivity (Wildman–Crippen MR) is 106 cm³/mol. The number of nitrogens with one attached hydrogen (secondary N) is 2. The summed E-state index contributed by atoms with van der Waals surface area (Å²) in [5.74, 6) is 1.47. The van der Waals surface area contributed by atoms with Gasteiger partial charge in [0.1, 0.15) is 5.75 Å². The number of anilines is 1. The SMILES string of the molecule is COc1cccc(NC(=S)N[C@H](C)c2ccc(CC(C)C)cc2)c1. The Kier molecular flexibility index (Phi) is 6.62. The van der Waals surface area contributed by atoms with E-state index in [9.17, 15) is 0 Å². The Balaban J connectivity index is 1.93. The van der Waals surface area contributed by atoms with Crippen LogP contribution in [0.4, 0.5) is 5.69 Å². The molecule has 24 heavy (non-hydrogen) atoms. The number of thiocarbonyl (C=S) groups is 1. The summed E-state index contributed by atoms with van der Waals surface area (Å²) in [7, 11) is 1.65. The fourth-order valence-corrected chi connectivity index (χ4v) is 2.86. The zero-order valence-corrected chi connectivity index (χ0v) is 15.6. The minimum Gasteiger partial charge on any atom is -0.497 e. The van der Waals surface area contributed by atoms with Gasteiger partial charge >= 0.3 is 0 Å². The molecule has 128 valence electrons. The van der Waals surface area contributed by atoms with E-state index < -0.39 is 0 Å². The van der Waals surface area contributed by atoms with E-state index in [4.69, 9.17) is 17.0 Å². The maximum absolute atomic E-state index is 5.41. The first-order chi connectivity index (χ1) is 11.5. The van der Waals surface area contributed by atoms with Crippen molar-refractivity contribution in [2.45, 2.75) is 33.2 Å². The maximum atomic E-state index is 5.41. The van der Waals surface area contributed by atoms with Crippen molar-refractivity contribution in [3.8, 4) is 5.75 Å². The second-order valence-electron chi connectivity index (χ2n) is 6.39. The molecule has 0 aliphatic heterocycles. The highest BCUT2D eigenvalue weighted by atomic mass is 32.1. The number of benzene rings is 2. The standard InChI is InChI=1S/C20H26N2OS/c1-14(2)12-16-8-10-17(11-9-16)15(3)21-20(24)22-18-6-5-7-19(13-18)23-4/h5-11,13-15H,12H2,1-4H3,(H2,21,22,24)/t15-/m1/s1. The van der Waals surface area contributed by atoms with Crippen molar-refractivity contribution in [1.82, 2.24) is 5.32 Å². The third-order valence-electron chi connectivity index (χ3n) is 3.80. The van der Waals surface area contributed by atoms with Gasteiger partial charge in [0.25, 0.3) is 0 Å². The molecule has 0 radical (unpaired) electrons. The first-order valence-corrected chi connectivity index (χ1v) is 8.69. The quantitative estimate of drug-likeness (QED) is 0.728. The molecule has 0 unspecified atom stereocenters. The molecule has 4 heteroatoms. The maximum Gasteiger partial charge on any atom is 0.171 e. The van der Waals surface area contributed by atoms with Gasteiger partial charge in [-0.2, -0.15) is 0 Å². The molecule has 2 rings (SSSR count). The average Bonchev–Trinajstić information content (AvgIpc) is 2.55. The zero-order chi connectivity index (χ0) is 17.5. The molecular formula is C20H26N2OS. The van der Waals surface area contributed by atoms with Crippen LogP contribution in [-0.4, -0.2) is 12.2 Å². The van der Waals surface area contributed by atoms with E-state index in [0.717, 1.165) is 17.9 Å². The summed E-state index contributed by atoms with van der Waals surface area (Å²) in [5, 5.41) is 7.12. The molecule has 0 spiro atoms. The Morgan fingerprint density at radius 1 is 1.08 bits per heavy atom. The topological polar surface area (TPSA) is 33.3 Å². The summed E-state index contributed by atoms with van der Waals surface area (Å²) in [4.78, 5) is 0. The molecule has 2 aromatic rings. The van der Waals surface area contributed by atoms with Gasteiger partial charge in [-0.15, -0.1) is 0 Å². The van der Waals surface area contributed by atoms with E-state index in [0.29, 0.717) is 11.0 Å². The normalized spacial score (nSPS) is 11.9. The molecule has 2 N–H and O–H groups in total. The third-order valence-corrected chi connectivity index (χ3v) is 4.02. The lowest BCUT2D eigenvalue weighted by atomic mass is 10.00. The minimum atomic E-state index is 0.142. The van der Waals surface area contributed by atoms with Gasteiger partial charge in [0.2, 0.25) is 0 Å². The lowest BCUT2D eigenvalue weighted by Gasteiger charge is -2.18. The summed E-state index contributed by atoms with van der Waals surface area (Å²) >= 11 is 5.41. The Hall–Kier alpha value is -2.07. The molecule has 0 aromatic heterocycles. The third kappa shape index (κ3) is 5.53. The van der Waals surface area contributed by atoms with Gasteiger partial charge < -0.3 is 15.4 Å². The predicted octanol–water partition coefficient (Wildman–Crippen LogP) is 4.94. The van der Waals surface area contributed by atoms with Gasteiger partial charge in [0.15, 0.2) is 5.11 Å². The van der Waals surface area contributed by atoms with Crippen LogP contribution in [0.25, 0.3) is 0 Å². The molecule has 1 atom stereocenters. The smallest absolute Gasteiger partial charge is 0.171 e. The molecular weight excluding hydrogens is 316 g/mol. The summed E-state index contributed by atoms with van der Waals surface area (Å²) in [6.45, 7) is 6.58. The Labute approximate surface area is 150 Å². The highest BCUT2D eigenvalue weighted by Gasteiger charge is 2.08. The van der Waals surface area contributed by atoms with Crippen molar-refractivity contribution in [3.63, 3.8) is 0 Å². The second kappa shape index (κ2) is 8.69. The molecule has 0 fully saturated rings. The summed E-state index contributed by atoms with van der Waals surface area (Å²) in [6.07, 6.45) is 1.11. The Bertz CT molecular complexity index is 668. The molecule has 0 aliphatic rings. The monoisotopic (exact) mass is 342 g/mol. The van der Waals surface area contributed by atoms with E-state index >= 15 is 0 Å². The number of methoxy groups -OCH3 is 1.